The summed E-state index contributed by atoms with van der Waals surface area (Å²) >= 11 is 0. The smallest absolute Gasteiger partial charge is 0.344 e. The molecule has 0 unspecified atom stereocenters. The summed E-state index contributed by atoms with van der Waals surface area (Å²) in [5.41, 5.74) is 1.30. The van der Waals surface area contributed by atoms with E-state index in [1.165, 1.54) is 32.4 Å². The van der Waals surface area contributed by atoms with Crippen LogP contribution in [-0.2, 0) is 15.1 Å². The van der Waals surface area contributed by atoms with Crippen LogP contribution < -0.4 is 20.8 Å². The minimum absolute atomic E-state index is 0.0355. The largest absolute Gasteiger partial charge is 0.497 e. The SMILES string of the molecule is COc1cccc([C@]2(C)NC(=O)N(NC(=O)CNC(=O)c3ccco3)C2=O)c1. The van der Waals surface area contributed by atoms with E-state index in [1.54, 1.807) is 24.3 Å². The number of ether oxygens (including phenoxy) is 1. The lowest BCUT2D eigenvalue weighted by molar-refractivity contribution is -0.138. The van der Waals surface area contributed by atoms with Gasteiger partial charge in [-0.1, -0.05) is 12.1 Å². The zero-order chi connectivity index (χ0) is 20.3. The Balaban J connectivity index is 1.66. The number of amides is 5. The fraction of sp³-hybridized carbons (Fsp3) is 0.222. The Morgan fingerprint density at radius 1 is 1.25 bits per heavy atom. The van der Waals surface area contributed by atoms with E-state index in [4.69, 9.17) is 9.15 Å². The first-order valence-corrected chi connectivity index (χ1v) is 8.27. The maximum Gasteiger partial charge on any atom is 0.344 e. The second-order valence-corrected chi connectivity index (χ2v) is 6.12. The minimum Gasteiger partial charge on any atom is -0.497 e. The molecule has 1 atom stereocenters. The van der Waals surface area contributed by atoms with Gasteiger partial charge in [0.2, 0.25) is 0 Å². The minimum atomic E-state index is -1.38. The van der Waals surface area contributed by atoms with Gasteiger partial charge in [-0.25, -0.2) is 4.79 Å². The van der Waals surface area contributed by atoms with Crippen LogP contribution in [0.15, 0.2) is 47.1 Å². The summed E-state index contributed by atoms with van der Waals surface area (Å²) < 4.78 is 10.1. The van der Waals surface area contributed by atoms with Crippen molar-refractivity contribution >= 4 is 23.8 Å². The van der Waals surface area contributed by atoms with Crippen LogP contribution in [0.25, 0.3) is 0 Å². The lowest BCUT2D eigenvalue weighted by Crippen LogP contribution is -2.50. The van der Waals surface area contributed by atoms with Crippen molar-refractivity contribution in [3.63, 3.8) is 0 Å². The number of nitrogens with zero attached hydrogens (tertiary/aromatic N) is 1. The van der Waals surface area contributed by atoms with Gasteiger partial charge in [0.15, 0.2) is 5.76 Å². The van der Waals surface area contributed by atoms with Crippen molar-refractivity contribution in [3.05, 3.63) is 54.0 Å². The maximum atomic E-state index is 12.8. The fourth-order valence-electron chi connectivity index (χ4n) is 2.69. The maximum absolute atomic E-state index is 12.8. The standard InChI is InChI=1S/C18H18N4O6/c1-18(11-5-3-6-12(9-11)27-2)16(25)22(17(26)20-18)21-14(23)10-19-15(24)13-7-4-8-28-13/h3-9H,10H2,1-2H3,(H,19,24)(H,20,26)(H,21,23)/t18-/m0/s1. The molecule has 1 aliphatic rings. The molecule has 3 rings (SSSR count). The summed E-state index contributed by atoms with van der Waals surface area (Å²) in [5, 5.41) is 5.46. The van der Waals surface area contributed by atoms with E-state index in [9.17, 15) is 19.2 Å². The number of hydrazine groups is 1. The van der Waals surface area contributed by atoms with E-state index < -0.39 is 35.8 Å². The Hall–Kier alpha value is -3.82. The molecule has 5 amide bonds. The molecule has 10 heteroatoms. The van der Waals surface area contributed by atoms with E-state index in [2.05, 4.69) is 16.1 Å². The van der Waals surface area contributed by atoms with Crippen molar-refractivity contribution < 1.29 is 28.3 Å². The highest BCUT2D eigenvalue weighted by Crippen LogP contribution is 2.30. The first kappa shape index (κ1) is 19.0. The number of furan rings is 1. The van der Waals surface area contributed by atoms with Crippen molar-refractivity contribution in [3.8, 4) is 5.75 Å². The first-order chi connectivity index (χ1) is 13.3. The zero-order valence-corrected chi connectivity index (χ0v) is 15.1. The fourth-order valence-corrected chi connectivity index (χ4v) is 2.69. The van der Waals surface area contributed by atoms with E-state index >= 15 is 0 Å². The molecule has 3 N–H and O–H groups in total. The molecule has 1 aromatic carbocycles. The third kappa shape index (κ3) is 3.52. The number of methoxy groups -OCH3 is 1. The second-order valence-electron chi connectivity index (χ2n) is 6.12. The summed E-state index contributed by atoms with van der Waals surface area (Å²) in [6, 6.07) is 8.84. The van der Waals surface area contributed by atoms with Crippen LogP contribution in [0.3, 0.4) is 0 Å². The number of hydrogen-bond donors (Lipinski definition) is 3. The van der Waals surface area contributed by atoms with Crippen molar-refractivity contribution in [1.82, 2.24) is 21.1 Å². The molecule has 2 heterocycles. The highest BCUT2D eigenvalue weighted by molar-refractivity contribution is 6.08. The third-order valence-electron chi connectivity index (χ3n) is 4.23. The normalized spacial score (nSPS) is 18.6. The molecule has 1 saturated heterocycles. The Kier molecular flexibility index (Phi) is 5.03. The number of hydrogen-bond acceptors (Lipinski definition) is 6. The second kappa shape index (κ2) is 7.43. The molecule has 146 valence electrons. The van der Waals surface area contributed by atoms with Crippen molar-refractivity contribution in [1.29, 1.82) is 0 Å². The molecule has 10 nitrogen and oxygen atoms in total. The summed E-state index contributed by atoms with van der Waals surface area (Å²) in [7, 11) is 1.49. The quantitative estimate of drug-likeness (QED) is 0.621. The molecule has 0 aliphatic carbocycles. The Labute approximate surface area is 159 Å². The molecule has 0 saturated carbocycles. The lowest BCUT2D eigenvalue weighted by Gasteiger charge is -2.22. The van der Waals surface area contributed by atoms with E-state index in [0.717, 1.165) is 0 Å². The predicted octanol–water partition coefficient (Wildman–Crippen LogP) is 0.516. The monoisotopic (exact) mass is 386 g/mol. The number of benzene rings is 1. The lowest BCUT2D eigenvalue weighted by atomic mass is 9.92. The zero-order valence-electron chi connectivity index (χ0n) is 15.1. The average molecular weight is 386 g/mol. The van der Waals surface area contributed by atoms with Crippen LogP contribution >= 0.6 is 0 Å². The van der Waals surface area contributed by atoms with Crippen LogP contribution in [0, 0.1) is 0 Å². The van der Waals surface area contributed by atoms with Gasteiger partial charge in [-0.2, -0.15) is 5.01 Å². The molecular weight excluding hydrogens is 368 g/mol. The van der Waals surface area contributed by atoms with Gasteiger partial charge in [0.05, 0.1) is 19.9 Å². The Morgan fingerprint density at radius 3 is 2.71 bits per heavy atom. The van der Waals surface area contributed by atoms with Crippen molar-refractivity contribution in [2.24, 2.45) is 0 Å². The van der Waals surface area contributed by atoms with Gasteiger partial charge in [-0.05, 0) is 36.8 Å². The molecule has 0 spiro atoms. The molecule has 0 bridgehead atoms. The molecule has 28 heavy (non-hydrogen) atoms. The summed E-state index contributed by atoms with van der Waals surface area (Å²) in [6.45, 7) is 1.07. The molecule has 2 aromatic rings. The number of imide groups is 1. The van der Waals surface area contributed by atoms with Crippen LogP contribution in [0.2, 0.25) is 0 Å². The highest BCUT2D eigenvalue weighted by atomic mass is 16.5. The van der Waals surface area contributed by atoms with Crippen LogP contribution in [0.5, 0.6) is 5.75 Å². The van der Waals surface area contributed by atoms with Gasteiger partial charge in [0.1, 0.15) is 11.3 Å². The van der Waals surface area contributed by atoms with Crippen LogP contribution in [0.4, 0.5) is 4.79 Å². The Morgan fingerprint density at radius 2 is 2.04 bits per heavy atom. The van der Waals surface area contributed by atoms with Gasteiger partial charge in [0, 0.05) is 0 Å². The molecule has 0 radical (unpaired) electrons. The Bertz CT molecular complexity index is 926. The summed E-state index contributed by atoms with van der Waals surface area (Å²) in [6.07, 6.45) is 1.32. The topological polar surface area (TPSA) is 130 Å². The van der Waals surface area contributed by atoms with Gasteiger partial charge in [0.25, 0.3) is 17.7 Å². The van der Waals surface area contributed by atoms with E-state index in [0.29, 0.717) is 16.3 Å². The summed E-state index contributed by atoms with van der Waals surface area (Å²) in [5.74, 6) is -1.47. The van der Waals surface area contributed by atoms with Crippen LogP contribution in [-0.4, -0.2) is 42.4 Å². The average Bonchev–Trinajstić information content (AvgIpc) is 3.30. The highest BCUT2D eigenvalue weighted by Gasteiger charge is 2.50. The summed E-state index contributed by atoms with van der Waals surface area (Å²) in [4.78, 5) is 48.8. The van der Waals surface area contributed by atoms with Crippen molar-refractivity contribution in [2.75, 3.05) is 13.7 Å². The van der Waals surface area contributed by atoms with Gasteiger partial charge in [-0.3, -0.25) is 19.8 Å². The van der Waals surface area contributed by atoms with Gasteiger partial charge < -0.3 is 19.8 Å². The molecule has 1 aliphatic heterocycles. The molecule has 1 fully saturated rings. The van der Waals surface area contributed by atoms with Gasteiger partial charge in [-0.15, -0.1) is 0 Å². The van der Waals surface area contributed by atoms with Gasteiger partial charge >= 0.3 is 6.03 Å². The van der Waals surface area contributed by atoms with E-state index in [-0.39, 0.29) is 5.76 Å². The van der Waals surface area contributed by atoms with E-state index in [1.807, 2.05) is 0 Å². The number of carbonyl (C=O) groups excluding carboxylic acids is 4. The predicted molar refractivity (Wildman–Crippen MR) is 94.9 cm³/mol. The number of rotatable bonds is 6. The number of carbonyl (C=O) groups is 4. The van der Waals surface area contributed by atoms with Crippen LogP contribution in [0.1, 0.15) is 23.0 Å². The molecule has 1 aromatic heterocycles. The first-order valence-electron chi connectivity index (χ1n) is 8.27. The number of urea groups is 1. The molecular formula is C18H18N4O6. The van der Waals surface area contributed by atoms with Crippen molar-refractivity contribution in [2.45, 2.75) is 12.5 Å². The number of nitrogens with one attached hydrogen (secondary N) is 3. The third-order valence-corrected chi connectivity index (χ3v) is 4.23.